The van der Waals surface area contributed by atoms with E-state index in [9.17, 15) is 9.59 Å². The van der Waals surface area contributed by atoms with Crippen LogP contribution in [0.2, 0.25) is 0 Å². The topological polar surface area (TPSA) is 59.5 Å². The summed E-state index contributed by atoms with van der Waals surface area (Å²) in [6, 6.07) is 11.7. The van der Waals surface area contributed by atoms with Crippen molar-refractivity contribution in [3.8, 4) is 5.88 Å². The molecule has 5 nitrogen and oxygen atoms in total. The Balaban J connectivity index is 1.58. The molecule has 5 heteroatoms. The summed E-state index contributed by atoms with van der Waals surface area (Å²) in [4.78, 5) is 29.3. The van der Waals surface area contributed by atoms with Gasteiger partial charge in [-0.05, 0) is 19.1 Å². The van der Waals surface area contributed by atoms with Gasteiger partial charge in [0.2, 0.25) is 11.8 Å². The molecular weight excluding hydrogens is 292 g/mol. The summed E-state index contributed by atoms with van der Waals surface area (Å²) in [6.07, 6.45) is 1.36. The SMILES string of the molecule is CC(=O)CCC(=O)N1CCC(Oc2ccc3ccccc3n2)C1. The molecule has 1 saturated heterocycles. The fourth-order valence-electron chi connectivity index (χ4n) is 2.78. The number of hydrogen-bond acceptors (Lipinski definition) is 4. The maximum Gasteiger partial charge on any atom is 0.223 e. The number of amides is 1. The molecule has 1 aromatic carbocycles. The van der Waals surface area contributed by atoms with Gasteiger partial charge in [0.1, 0.15) is 11.9 Å². The lowest BCUT2D eigenvalue weighted by atomic mass is 10.2. The fourth-order valence-corrected chi connectivity index (χ4v) is 2.78. The van der Waals surface area contributed by atoms with Crippen LogP contribution in [0.1, 0.15) is 26.2 Å². The summed E-state index contributed by atoms with van der Waals surface area (Å²) < 4.78 is 5.92. The number of carbonyl (C=O) groups is 2. The minimum Gasteiger partial charge on any atom is -0.472 e. The number of likely N-dealkylation sites (tertiary alicyclic amines) is 1. The van der Waals surface area contributed by atoms with Gasteiger partial charge < -0.3 is 14.4 Å². The largest absolute Gasteiger partial charge is 0.472 e. The number of rotatable bonds is 5. The lowest BCUT2D eigenvalue weighted by molar-refractivity contribution is -0.132. The first kappa shape index (κ1) is 15.5. The maximum absolute atomic E-state index is 12.0. The van der Waals surface area contributed by atoms with Gasteiger partial charge in [-0.3, -0.25) is 4.79 Å². The Hall–Kier alpha value is -2.43. The normalized spacial score (nSPS) is 17.4. The monoisotopic (exact) mass is 312 g/mol. The number of aromatic nitrogens is 1. The molecule has 0 spiro atoms. The highest BCUT2D eigenvalue weighted by Crippen LogP contribution is 2.20. The Bertz CT molecular complexity index is 729. The smallest absolute Gasteiger partial charge is 0.223 e. The molecule has 1 aromatic heterocycles. The summed E-state index contributed by atoms with van der Waals surface area (Å²) in [7, 11) is 0. The maximum atomic E-state index is 12.0. The molecule has 1 unspecified atom stereocenters. The molecule has 120 valence electrons. The number of fused-ring (bicyclic) bond motifs is 1. The van der Waals surface area contributed by atoms with E-state index >= 15 is 0 Å². The number of nitrogens with zero attached hydrogens (tertiary/aromatic N) is 2. The molecule has 1 aliphatic heterocycles. The Morgan fingerprint density at radius 1 is 1.22 bits per heavy atom. The van der Waals surface area contributed by atoms with E-state index < -0.39 is 0 Å². The highest BCUT2D eigenvalue weighted by molar-refractivity contribution is 5.83. The lowest BCUT2D eigenvalue weighted by Gasteiger charge is -2.16. The van der Waals surface area contributed by atoms with Crippen LogP contribution >= 0.6 is 0 Å². The third-order valence-corrected chi connectivity index (χ3v) is 4.05. The van der Waals surface area contributed by atoms with E-state index in [1.807, 2.05) is 36.4 Å². The Kier molecular flexibility index (Phi) is 4.55. The molecule has 0 saturated carbocycles. The van der Waals surface area contributed by atoms with Crippen LogP contribution in [0, 0.1) is 0 Å². The van der Waals surface area contributed by atoms with Crippen LogP contribution in [0.15, 0.2) is 36.4 Å². The number of ether oxygens (including phenoxy) is 1. The summed E-state index contributed by atoms with van der Waals surface area (Å²) in [5, 5.41) is 1.08. The average Bonchev–Trinajstić information content (AvgIpc) is 3.01. The molecule has 2 heterocycles. The lowest BCUT2D eigenvalue weighted by Crippen LogP contribution is -2.31. The quantitative estimate of drug-likeness (QED) is 0.851. The van der Waals surface area contributed by atoms with E-state index in [2.05, 4.69) is 4.98 Å². The van der Waals surface area contributed by atoms with E-state index in [-0.39, 0.29) is 24.2 Å². The molecule has 1 atom stereocenters. The van der Waals surface area contributed by atoms with Crippen molar-refractivity contribution >= 4 is 22.6 Å². The Morgan fingerprint density at radius 3 is 2.87 bits per heavy atom. The molecular formula is C18H20N2O3. The van der Waals surface area contributed by atoms with Crippen LogP contribution in [-0.4, -0.2) is 40.8 Å². The van der Waals surface area contributed by atoms with Gasteiger partial charge in [-0.25, -0.2) is 4.98 Å². The second-order valence-electron chi connectivity index (χ2n) is 5.91. The molecule has 23 heavy (non-hydrogen) atoms. The highest BCUT2D eigenvalue weighted by atomic mass is 16.5. The van der Waals surface area contributed by atoms with Crippen molar-refractivity contribution in [2.75, 3.05) is 13.1 Å². The fraction of sp³-hybridized carbons (Fsp3) is 0.389. The number of benzene rings is 1. The van der Waals surface area contributed by atoms with Crippen LogP contribution in [0.25, 0.3) is 10.9 Å². The van der Waals surface area contributed by atoms with Crippen molar-refractivity contribution in [1.29, 1.82) is 0 Å². The van der Waals surface area contributed by atoms with E-state index in [0.29, 0.717) is 25.4 Å². The summed E-state index contributed by atoms with van der Waals surface area (Å²) in [5.74, 6) is 0.662. The molecule has 1 aliphatic rings. The zero-order valence-corrected chi connectivity index (χ0v) is 13.2. The first-order valence-electron chi connectivity index (χ1n) is 7.91. The first-order valence-corrected chi connectivity index (χ1v) is 7.91. The van der Waals surface area contributed by atoms with Gasteiger partial charge in [0.15, 0.2) is 0 Å². The van der Waals surface area contributed by atoms with Gasteiger partial charge >= 0.3 is 0 Å². The van der Waals surface area contributed by atoms with Crippen molar-refractivity contribution in [2.45, 2.75) is 32.3 Å². The molecule has 2 aromatic rings. The van der Waals surface area contributed by atoms with E-state index in [1.54, 1.807) is 4.90 Å². The number of hydrogen-bond donors (Lipinski definition) is 0. The number of para-hydroxylation sites is 1. The molecule has 0 N–H and O–H groups in total. The van der Waals surface area contributed by atoms with Gasteiger partial charge in [-0.15, -0.1) is 0 Å². The molecule has 0 radical (unpaired) electrons. The Morgan fingerprint density at radius 2 is 2.04 bits per heavy atom. The molecule has 0 bridgehead atoms. The summed E-state index contributed by atoms with van der Waals surface area (Å²) in [5.41, 5.74) is 0.900. The van der Waals surface area contributed by atoms with Crippen LogP contribution in [0.5, 0.6) is 5.88 Å². The third kappa shape index (κ3) is 3.86. The zero-order chi connectivity index (χ0) is 16.2. The van der Waals surface area contributed by atoms with Gasteiger partial charge in [-0.1, -0.05) is 18.2 Å². The number of pyridine rings is 1. The van der Waals surface area contributed by atoms with Gasteiger partial charge in [-0.2, -0.15) is 0 Å². The van der Waals surface area contributed by atoms with Crippen molar-refractivity contribution in [3.05, 3.63) is 36.4 Å². The third-order valence-electron chi connectivity index (χ3n) is 4.05. The van der Waals surface area contributed by atoms with Crippen molar-refractivity contribution in [2.24, 2.45) is 0 Å². The second-order valence-corrected chi connectivity index (χ2v) is 5.91. The number of carbonyl (C=O) groups excluding carboxylic acids is 2. The highest BCUT2D eigenvalue weighted by Gasteiger charge is 2.27. The van der Waals surface area contributed by atoms with Crippen molar-refractivity contribution in [1.82, 2.24) is 9.88 Å². The van der Waals surface area contributed by atoms with Gasteiger partial charge in [0.25, 0.3) is 0 Å². The average molecular weight is 312 g/mol. The van der Waals surface area contributed by atoms with Gasteiger partial charge in [0, 0.05) is 37.3 Å². The zero-order valence-electron chi connectivity index (χ0n) is 13.2. The van der Waals surface area contributed by atoms with Gasteiger partial charge in [0.05, 0.1) is 12.1 Å². The molecule has 0 aliphatic carbocycles. The number of ketones is 1. The van der Waals surface area contributed by atoms with E-state index in [4.69, 9.17) is 4.74 Å². The summed E-state index contributed by atoms with van der Waals surface area (Å²) in [6.45, 7) is 2.74. The molecule has 1 fully saturated rings. The van der Waals surface area contributed by atoms with Crippen molar-refractivity contribution in [3.63, 3.8) is 0 Å². The first-order chi connectivity index (χ1) is 11.1. The molecule has 3 rings (SSSR count). The predicted molar refractivity (Wildman–Crippen MR) is 87.3 cm³/mol. The van der Waals surface area contributed by atoms with Crippen LogP contribution in [-0.2, 0) is 9.59 Å². The molecule has 1 amide bonds. The van der Waals surface area contributed by atoms with Crippen LogP contribution < -0.4 is 4.74 Å². The second kappa shape index (κ2) is 6.77. The standard InChI is InChI=1S/C18H20N2O3/c1-13(21)6-9-18(22)20-11-10-15(12-20)23-17-8-7-14-4-2-3-5-16(14)19-17/h2-5,7-8,15H,6,9-12H2,1H3. The number of Topliss-reactive ketones (excluding diaryl/α,β-unsaturated/α-hetero) is 1. The van der Waals surface area contributed by atoms with Crippen LogP contribution in [0.4, 0.5) is 0 Å². The minimum atomic E-state index is -0.0371. The van der Waals surface area contributed by atoms with E-state index in [1.165, 1.54) is 6.92 Å². The summed E-state index contributed by atoms with van der Waals surface area (Å²) >= 11 is 0. The van der Waals surface area contributed by atoms with E-state index in [0.717, 1.165) is 17.3 Å². The predicted octanol–water partition coefficient (Wildman–Crippen LogP) is 2.58. The minimum absolute atomic E-state index is 0.0257. The van der Waals surface area contributed by atoms with Crippen LogP contribution in [0.3, 0.4) is 0 Å². The Labute approximate surface area is 135 Å². The van der Waals surface area contributed by atoms with Crippen molar-refractivity contribution < 1.29 is 14.3 Å².